The van der Waals surface area contributed by atoms with E-state index in [2.05, 4.69) is 53.7 Å². The van der Waals surface area contributed by atoms with Gasteiger partial charge < -0.3 is 5.73 Å². The number of carbonyl (C=O) groups excluding carboxylic acids is 4. The molecule has 0 aliphatic carbocycles. The van der Waals surface area contributed by atoms with E-state index in [1.807, 2.05) is 101 Å². The van der Waals surface area contributed by atoms with E-state index in [1.54, 1.807) is 18.2 Å². The van der Waals surface area contributed by atoms with E-state index in [0.717, 1.165) is 106 Å². The van der Waals surface area contributed by atoms with Crippen molar-refractivity contribution < 1.29 is 19.2 Å². The molecule has 2 aliphatic rings. The highest BCUT2D eigenvalue weighted by Crippen LogP contribution is 2.47. The number of nitrogens with two attached hydrogens (primary N) is 1. The zero-order valence-corrected chi connectivity index (χ0v) is 38.3. The van der Waals surface area contributed by atoms with Crippen molar-refractivity contribution in [2.75, 3.05) is 15.5 Å². The van der Waals surface area contributed by atoms with Crippen LogP contribution < -0.4 is 15.5 Å². The molecule has 0 unspecified atom stereocenters. The molecular formula is C57H51N3O4. The van der Waals surface area contributed by atoms with Crippen molar-refractivity contribution in [3.8, 4) is 44.5 Å². The molecule has 7 aromatic carbocycles. The Labute approximate surface area is 375 Å². The van der Waals surface area contributed by atoms with Gasteiger partial charge in [0.2, 0.25) is 0 Å². The van der Waals surface area contributed by atoms with E-state index in [4.69, 9.17) is 5.73 Å². The minimum absolute atomic E-state index is 0.307. The molecule has 0 bridgehead atoms. The lowest BCUT2D eigenvalue weighted by molar-refractivity contribution is 0.0910. The predicted octanol–water partition coefficient (Wildman–Crippen LogP) is 12.9. The van der Waals surface area contributed by atoms with Crippen LogP contribution in [-0.4, -0.2) is 23.6 Å². The summed E-state index contributed by atoms with van der Waals surface area (Å²) in [5.41, 5.74) is 28.4. The highest BCUT2D eigenvalue weighted by atomic mass is 16.2. The number of carbonyl (C=O) groups is 4. The summed E-state index contributed by atoms with van der Waals surface area (Å²) in [6.07, 6.45) is 0. The highest BCUT2D eigenvalue weighted by Gasteiger charge is 2.41. The maximum Gasteiger partial charge on any atom is 0.266 e. The van der Waals surface area contributed by atoms with E-state index in [9.17, 15) is 19.2 Å². The Morgan fingerprint density at radius 2 is 0.609 bits per heavy atom. The van der Waals surface area contributed by atoms with Crippen molar-refractivity contribution in [3.05, 3.63) is 181 Å². The van der Waals surface area contributed by atoms with Crippen molar-refractivity contribution in [1.82, 2.24) is 0 Å². The zero-order chi connectivity index (χ0) is 45.8. The molecule has 0 aromatic heterocycles. The van der Waals surface area contributed by atoms with Crippen LogP contribution in [0.1, 0.15) is 103 Å². The SMILES string of the molecule is Cc1ccc(-c2ccc3c(c2)C(=O)N(c2c(C)c(C)c(-c4ccc(-c5c(C)c(C)c(N6C(=O)c7ccc(-c8ccc(N)cc8)cc7C6=O)c(C)c5C)c(C)c4C)c(C)c2C)C3=O)cc1. The number of aryl methyl sites for hydroxylation is 1. The molecule has 2 heterocycles. The molecule has 4 amide bonds. The summed E-state index contributed by atoms with van der Waals surface area (Å²) >= 11 is 0. The van der Waals surface area contributed by atoms with Gasteiger partial charge in [-0.3, -0.25) is 19.2 Å². The Kier molecular flexibility index (Phi) is 9.94. The number of rotatable bonds is 6. The molecule has 0 radical (unpaired) electrons. The number of hydrogen-bond donors (Lipinski definition) is 1. The Hall–Kier alpha value is -7.38. The molecule has 0 fully saturated rings. The Morgan fingerprint density at radius 1 is 0.312 bits per heavy atom. The fourth-order valence-electron chi connectivity index (χ4n) is 10.1. The van der Waals surface area contributed by atoms with Gasteiger partial charge in [-0.15, -0.1) is 0 Å². The monoisotopic (exact) mass is 841 g/mol. The average Bonchev–Trinajstić information content (AvgIpc) is 3.67. The summed E-state index contributed by atoms with van der Waals surface area (Å²) in [7, 11) is 0. The predicted molar refractivity (Wildman–Crippen MR) is 260 cm³/mol. The third kappa shape index (κ3) is 6.16. The standard InChI is InChI=1S/C57H51N3O4/c1-28-12-14-39(15-13-28)41-18-22-46-48(26-41)56(63)59(54(46)61)52-35(8)31(4)50(32(5)36(52)9)44-24-25-45(30(3)29(44)2)51-33(6)37(10)53(38(11)34(51)7)60-55(62)47-23-19-42(27-49(47)57(60)64)40-16-20-43(58)21-17-40/h12-27H,58H2,1-11H3. The minimum Gasteiger partial charge on any atom is -0.399 e. The molecule has 0 saturated carbocycles. The molecule has 2 N–H and O–H groups in total. The van der Waals surface area contributed by atoms with Gasteiger partial charge in [0.15, 0.2) is 0 Å². The van der Waals surface area contributed by atoms with E-state index >= 15 is 0 Å². The molecule has 0 atom stereocenters. The van der Waals surface area contributed by atoms with Crippen molar-refractivity contribution in [1.29, 1.82) is 0 Å². The van der Waals surface area contributed by atoms with Gasteiger partial charge in [0.05, 0.1) is 33.6 Å². The van der Waals surface area contributed by atoms with E-state index in [1.165, 1.54) is 9.80 Å². The van der Waals surface area contributed by atoms with Crippen LogP contribution in [0.3, 0.4) is 0 Å². The van der Waals surface area contributed by atoms with Crippen molar-refractivity contribution in [2.45, 2.75) is 76.2 Å². The zero-order valence-electron chi connectivity index (χ0n) is 38.3. The highest BCUT2D eigenvalue weighted by molar-refractivity contribution is 6.36. The second-order valence-electron chi connectivity index (χ2n) is 17.8. The summed E-state index contributed by atoms with van der Waals surface area (Å²) in [6.45, 7) is 22.6. The second-order valence-corrected chi connectivity index (χ2v) is 17.8. The first-order chi connectivity index (χ1) is 30.4. The topological polar surface area (TPSA) is 101 Å². The van der Waals surface area contributed by atoms with Gasteiger partial charge >= 0.3 is 0 Å². The Bertz CT molecular complexity index is 2970. The van der Waals surface area contributed by atoms with Crippen LogP contribution in [-0.2, 0) is 0 Å². The maximum atomic E-state index is 14.2. The number of imide groups is 2. The van der Waals surface area contributed by atoms with E-state index in [0.29, 0.717) is 39.3 Å². The first-order valence-electron chi connectivity index (χ1n) is 21.7. The molecule has 7 aromatic rings. The number of amides is 4. The van der Waals surface area contributed by atoms with Gasteiger partial charge in [0.25, 0.3) is 23.6 Å². The lowest BCUT2D eigenvalue weighted by Gasteiger charge is -2.28. The quantitative estimate of drug-likeness (QED) is 0.133. The molecule has 9 rings (SSSR count). The molecule has 318 valence electrons. The normalized spacial score (nSPS) is 13.4. The number of hydrogen-bond acceptors (Lipinski definition) is 5. The van der Waals surface area contributed by atoms with E-state index < -0.39 is 0 Å². The Balaban J connectivity index is 1.07. The molecule has 0 saturated heterocycles. The second kappa shape index (κ2) is 15.2. The first kappa shape index (κ1) is 41.9. The largest absolute Gasteiger partial charge is 0.399 e. The third-order valence-corrected chi connectivity index (χ3v) is 14.3. The van der Waals surface area contributed by atoms with Gasteiger partial charge in [-0.1, -0.05) is 66.2 Å². The molecule has 0 spiro atoms. The van der Waals surface area contributed by atoms with E-state index in [-0.39, 0.29) is 23.6 Å². The van der Waals surface area contributed by atoms with Crippen molar-refractivity contribution in [3.63, 3.8) is 0 Å². The average molecular weight is 842 g/mol. The molecular weight excluding hydrogens is 791 g/mol. The van der Waals surface area contributed by atoms with Crippen LogP contribution in [0, 0.1) is 76.2 Å². The van der Waals surface area contributed by atoms with Crippen LogP contribution in [0.2, 0.25) is 0 Å². The van der Waals surface area contributed by atoms with Gasteiger partial charge in [0.1, 0.15) is 0 Å². The fraction of sp³-hybridized carbons (Fsp3) is 0.193. The van der Waals surface area contributed by atoms with Crippen LogP contribution in [0.5, 0.6) is 0 Å². The number of nitrogens with zero attached hydrogens (tertiary/aromatic N) is 2. The smallest absolute Gasteiger partial charge is 0.266 e. The van der Waals surface area contributed by atoms with Gasteiger partial charge in [0, 0.05) is 5.69 Å². The summed E-state index contributed by atoms with van der Waals surface area (Å²) in [6, 6.07) is 31.0. The van der Waals surface area contributed by atoms with Gasteiger partial charge in [-0.2, -0.15) is 0 Å². The summed E-state index contributed by atoms with van der Waals surface area (Å²) < 4.78 is 0. The summed E-state index contributed by atoms with van der Waals surface area (Å²) in [5.74, 6) is -1.27. The molecule has 7 nitrogen and oxygen atoms in total. The van der Waals surface area contributed by atoms with Gasteiger partial charge in [-0.05, 0) is 213 Å². The summed E-state index contributed by atoms with van der Waals surface area (Å²) in [5, 5.41) is 0. The van der Waals surface area contributed by atoms with Crippen LogP contribution in [0.4, 0.5) is 17.1 Å². The third-order valence-electron chi connectivity index (χ3n) is 14.3. The number of nitrogen functional groups attached to an aromatic ring is 1. The summed E-state index contributed by atoms with van der Waals surface area (Å²) in [4.78, 5) is 59.3. The van der Waals surface area contributed by atoms with Crippen LogP contribution >= 0.6 is 0 Å². The first-order valence-corrected chi connectivity index (χ1v) is 21.7. The van der Waals surface area contributed by atoms with Crippen molar-refractivity contribution >= 4 is 40.7 Å². The molecule has 2 aliphatic heterocycles. The lowest BCUT2D eigenvalue weighted by atomic mass is 9.81. The maximum absolute atomic E-state index is 14.2. The fourth-order valence-corrected chi connectivity index (χ4v) is 10.1. The van der Waals surface area contributed by atoms with Crippen LogP contribution in [0.15, 0.2) is 97.1 Å². The number of benzene rings is 7. The molecule has 7 heteroatoms. The minimum atomic E-state index is -0.330. The Morgan fingerprint density at radius 3 is 0.969 bits per heavy atom. The number of anilines is 3. The lowest BCUT2D eigenvalue weighted by Crippen LogP contribution is -2.31. The van der Waals surface area contributed by atoms with Crippen molar-refractivity contribution in [2.24, 2.45) is 0 Å². The molecule has 64 heavy (non-hydrogen) atoms. The van der Waals surface area contributed by atoms with Gasteiger partial charge in [-0.25, -0.2) is 9.80 Å². The number of fused-ring (bicyclic) bond motifs is 2. The van der Waals surface area contributed by atoms with Crippen LogP contribution in [0.25, 0.3) is 44.5 Å².